The van der Waals surface area contributed by atoms with Crippen molar-refractivity contribution in [1.29, 1.82) is 0 Å². The van der Waals surface area contributed by atoms with E-state index in [0.29, 0.717) is 6.54 Å². The van der Waals surface area contributed by atoms with Gasteiger partial charge in [-0.3, -0.25) is 10.1 Å². The van der Waals surface area contributed by atoms with Crippen LogP contribution in [0.25, 0.3) is 0 Å². The number of nitro groups is 1. The highest BCUT2D eigenvalue weighted by molar-refractivity contribution is 5.45. The summed E-state index contributed by atoms with van der Waals surface area (Å²) in [5.41, 5.74) is 1.02. The summed E-state index contributed by atoms with van der Waals surface area (Å²) in [6.07, 6.45) is -0.763. The van der Waals surface area contributed by atoms with Gasteiger partial charge in [0.05, 0.1) is 4.92 Å². The average molecular weight is 316 g/mol. The summed E-state index contributed by atoms with van der Waals surface area (Å²) in [6.45, 7) is 2.32. The zero-order valence-corrected chi connectivity index (χ0v) is 12.9. The van der Waals surface area contributed by atoms with E-state index in [-0.39, 0.29) is 24.1 Å². The van der Waals surface area contributed by atoms with Gasteiger partial charge in [-0.25, -0.2) is 0 Å². The van der Waals surface area contributed by atoms with Gasteiger partial charge in [-0.05, 0) is 18.6 Å². The fourth-order valence-electron chi connectivity index (χ4n) is 2.15. The van der Waals surface area contributed by atoms with E-state index in [1.54, 1.807) is 12.1 Å². The van der Waals surface area contributed by atoms with Gasteiger partial charge in [0.2, 0.25) is 0 Å². The van der Waals surface area contributed by atoms with Crippen LogP contribution < -0.4 is 10.1 Å². The second-order valence-electron chi connectivity index (χ2n) is 5.23. The Hall–Kier alpha value is -2.44. The molecule has 0 amide bonds. The lowest BCUT2D eigenvalue weighted by Crippen LogP contribution is -2.33. The van der Waals surface area contributed by atoms with E-state index in [9.17, 15) is 15.2 Å². The fraction of sp³-hybridized carbons (Fsp3) is 0.294. The molecular formula is C17H20N2O4. The lowest BCUT2D eigenvalue weighted by molar-refractivity contribution is -0.385. The molecule has 6 nitrogen and oxygen atoms in total. The van der Waals surface area contributed by atoms with E-state index in [2.05, 4.69) is 5.32 Å². The Morgan fingerprint density at radius 2 is 1.83 bits per heavy atom. The van der Waals surface area contributed by atoms with Gasteiger partial charge in [0.15, 0.2) is 5.75 Å². The van der Waals surface area contributed by atoms with Crippen LogP contribution in [0.1, 0.15) is 18.5 Å². The topological polar surface area (TPSA) is 84.6 Å². The molecule has 2 rings (SSSR count). The van der Waals surface area contributed by atoms with Crippen molar-refractivity contribution in [3.05, 3.63) is 70.3 Å². The van der Waals surface area contributed by atoms with Crippen molar-refractivity contribution in [3.63, 3.8) is 0 Å². The van der Waals surface area contributed by atoms with Crippen LogP contribution in [0.15, 0.2) is 54.6 Å². The highest BCUT2D eigenvalue weighted by Crippen LogP contribution is 2.25. The molecule has 0 bridgehead atoms. The van der Waals surface area contributed by atoms with E-state index >= 15 is 0 Å². The van der Waals surface area contributed by atoms with Crippen LogP contribution in [0.3, 0.4) is 0 Å². The van der Waals surface area contributed by atoms with Gasteiger partial charge in [0.1, 0.15) is 12.7 Å². The zero-order valence-electron chi connectivity index (χ0n) is 12.9. The lowest BCUT2D eigenvalue weighted by atomic mass is 10.1. The smallest absolute Gasteiger partial charge is 0.310 e. The molecule has 0 aliphatic carbocycles. The van der Waals surface area contributed by atoms with Crippen LogP contribution in [0.2, 0.25) is 0 Å². The summed E-state index contributed by atoms with van der Waals surface area (Å²) in [6, 6.07) is 16.1. The predicted molar refractivity (Wildman–Crippen MR) is 87.5 cm³/mol. The lowest BCUT2D eigenvalue weighted by Gasteiger charge is -2.18. The average Bonchev–Trinajstić information content (AvgIpc) is 2.58. The van der Waals surface area contributed by atoms with Gasteiger partial charge >= 0.3 is 5.69 Å². The van der Waals surface area contributed by atoms with Gasteiger partial charge in [-0.2, -0.15) is 0 Å². The predicted octanol–water partition coefficient (Wildman–Crippen LogP) is 2.69. The van der Waals surface area contributed by atoms with Gasteiger partial charge in [-0.1, -0.05) is 42.5 Å². The van der Waals surface area contributed by atoms with Gasteiger partial charge in [-0.15, -0.1) is 0 Å². The van der Waals surface area contributed by atoms with Gasteiger partial charge < -0.3 is 15.2 Å². The molecule has 2 atom stereocenters. The van der Waals surface area contributed by atoms with Crippen molar-refractivity contribution in [1.82, 2.24) is 5.32 Å². The first-order valence-electron chi connectivity index (χ1n) is 7.40. The summed E-state index contributed by atoms with van der Waals surface area (Å²) < 4.78 is 5.37. The molecule has 0 fully saturated rings. The third-order valence-corrected chi connectivity index (χ3v) is 3.45. The number of nitro benzene ring substituents is 1. The largest absolute Gasteiger partial charge is 0.484 e. The summed E-state index contributed by atoms with van der Waals surface area (Å²) >= 11 is 0. The quantitative estimate of drug-likeness (QED) is 0.578. The number of ether oxygens (including phenoxy) is 1. The van der Waals surface area contributed by atoms with E-state index in [1.807, 2.05) is 37.3 Å². The molecule has 0 spiro atoms. The number of rotatable bonds is 8. The summed E-state index contributed by atoms with van der Waals surface area (Å²) in [7, 11) is 0. The van der Waals surface area contributed by atoms with Crippen molar-refractivity contribution in [2.45, 2.75) is 19.1 Å². The second-order valence-corrected chi connectivity index (χ2v) is 5.23. The first kappa shape index (κ1) is 16.9. The first-order valence-corrected chi connectivity index (χ1v) is 7.40. The molecule has 23 heavy (non-hydrogen) atoms. The number of hydrogen-bond donors (Lipinski definition) is 2. The molecule has 0 aliphatic heterocycles. The summed E-state index contributed by atoms with van der Waals surface area (Å²) in [4.78, 5) is 10.4. The minimum absolute atomic E-state index is 0.0145. The molecule has 0 heterocycles. The zero-order chi connectivity index (χ0) is 16.7. The SMILES string of the molecule is CC(NCC(O)COc1ccccc1[N+](=O)[O-])c1ccccc1. The first-order chi connectivity index (χ1) is 11.1. The molecule has 0 radical (unpaired) electrons. The Morgan fingerprint density at radius 1 is 1.17 bits per heavy atom. The normalized spacial score (nSPS) is 13.3. The minimum atomic E-state index is -0.763. The molecule has 0 saturated heterocycles. The molecule has 122 valence electrons. The van der Waals surface area contributed by atoms with E-state index in [0.717, 1.165) is 5.56 Å². The number of aliphatic hydroxyl groups is 1. The Morgan fingerprint density at radius 3 is 2.52 bits per heavy atom. The molecule has 2 N–H and O–H groups in total. The Kier molecular flexibility index (Phi) is 6.08. The standard InChI is InChI=1S/C17H20N2O4/c1-13(14-7-3-2-4-8-14)18-11-15(20)12-23-17-10-6-5-9-16(17)19(21)22/h2-10,13,15,18,20H,11-12H2,1H3. The van der Waals surface area contributed by atoms with E-state index in [1.165, 1.54) is 12.1 Å². The number of nitrogens with zero attached hydrogens (tertiary/aromatic N) is 1. The summed E-state index contributed by atoms with van der Waals surface area (Å²) in [5, 5.41) is 24.1. The highest BCUT2D eigenvalue weighted by Gasteiger charge is 2.15. The summed E-state index contributed by atoms with van der Waals surface area (Å²) in [5.74, 6) is 0.160. The van der Waals surface area contributed by atoms with E-state index < -0.39 is 11.0 Å². The monoisotopic (exact) mass is 316 g/mol. The van der Waals surface area contributed by atoms with E-state index in [4.69, 9.17) is 4.74 Å². The molecule has 0 aromatic heterocycles. The minimum Gasteiger partial charge on any atom is -0.484 e. The van der Waals surface area contributed by atoms with Crippen molar-refractivity contribution in [2.75, 3.05) is 13.2 Å². The highest BCUT2D eigenvalue weighted by atomic mass is 16.6. The van der Waals surface area contributed by atoms with Crippen LogP contribution in [0.5, 0.6) is 5.75 Å². The number of benzene rings is 2. The van der Waals surface area contributed by atoms with Gasteiger partial charge in [0, 0.05) is 18.7 Å². The maximum atomic E-state index is 10.9. The Labute approximate surface area is 134 Å². The molecule has 2 unspecified atom stereocenters. The molecular weight excluding hydrogens is 296 g/mol. The second kappa shape index (κ2) is 8.26. The third kappa shape index (κ3) is 5.05. The fourth-order valence-corrected chi connectivity index (χ4v) is 2.15. The Bertz CT molecular complexity index is 634. The van der Waals surface area contributed by atoms with Crippen LogP contribution in [-0.2, 0) is 0 Å². The van der Waals surface area contributed by atoms with Crippen molar-refractivity contribution >= 4 is 5.69 Å². The number of aliphatic hydroxyl groups excluding tert-OH is 1. The van der Waals surface area contributed by atoms with Crippen LogP contribution in [-0.4, -0.2) is 29.3 Å². The molecule has 0 aliphatic rings. The molecule has 6 heteroatoms. The molecule has 2 aromatic rings. The number of nitrogens with one attached hydrogen (secondary N) is 1. The van der Waals surface area contributed by atoms with Gasteiger partial charge in [0.25, 0.3) is 0 Å². The van der Waals surface area contributed by atoms with Crippen molar-refractivity contribution in [3.8, 4) is 5.75 Å². The number of para-hydroxylation sites is 2. The Balaban J connectivity index is 1.82. The van der Waals surface area contributed by atoms with Crippen LogP contribution in [0.4, 0.5) is 5.69 Å². The molecule has 2 aromatic carbocycles. The number of hydrogen-bond acceptors (Lipinski definition) is 5. The van der Waals surface area contributed by atoms with Crippen molar-refractivity contribution in [2.24, 2.45) is 0 Å². The maximum Gasteiger partial charge on any atom is 0.310 e. The van der Waals surface area contributed by atoms with Crippen molar-refractivity contribution < 1.29 is 14.8 Å². The molecule has 0 saturated carbocycles. The van der Waals surface area contributed by atoms with Crippen LogP contribution in [0, 0.1) is 10.1 Å². The maximum absolute atomic E-state index is 10.9. The third-order valence-electron chi connectivity index (χ3n) is 3.45. The van der Waals surface area contributed by atoms with Crippen LogP contribution >= 0.6 is 0 Å².